The molecule has 1 aliphatic carbocycles. The topological polar surface area (TPSA) is 69.3 Å². The van der Waals surface area contributed by atoms with E-state index in [4.69, 9.17) is 4.98 Å². The van der Waals surface area contributed by atoms with Gasteiger partial charge in [-0.25, -0.2) is 4.98 Å². The van der Waals surface area contributed by atoms with Gasteiger partial charge in [0.1, 0.15) is 5.82 Å². The van der Waals surface area contributed by atoms with E-state index in [-0.39, 0.29) is 17.4 Å². The molecular weight excluding hydrogens is 328 g/mol. The Hall–Kier alpha value is -1.69. The molecule has 26 heavy (non-hydrogen) atoms. The van der Waals surface area contributed by atoms with Gasteiger partial charge in [-0.05, 0) is 39.0 Å². The molecule has 2 fully saturated rings. The molecule has 2 unspecified atom stereocenters. The van der Waals surface area contributed by atoms with Gasteiger partial charge in [-0.1, -0.05) is 6.92 Å². The van der Waals surface area contributed by atoms with Crippen LogP contribution < -0.4 is 5.56 Å². The summed E-state index contributed by atoms with van der Waals surface area (Å²) in [7, 11) is 0. The highest BCUT2D eigenvalue weighted by molar-refractivity contribution is 5.81. The van der Waals surface area contributed by atoms with E-state index < -0.39 is 0 Å². The summed E-state index contributed by atoms with van der Waals surface area (Å²) < 4.78 is 0. The molecule has 142 valence electrons. The van der Waals surface area contributed by atoms with Crippen LogP contribution in [0.15, 0.2) is 4.79 Å². The Bertz CT molecular complexity index is 749. The molecule has 6 nitrogen and oxygen atoms in total. The summed E-state index contributed by atoms with van der Waals surface area (Å²) in [4.78, 5) is 37.2. The maximum Gasteiger partial charge on any atom is 0.255 e. The summed E-state index contributed by atoms with van der Waals surface area (Å²) in [6.07, 6.45) is 3.69. The highest BCUT2D eigenvalue weighted by Gasteiger charge is 2.42. The van der Waals surface area contributed by atoms with Gasteiger partial charge in [-0.2, -0.15) is 0 Å². The van der Waals surface area contributed by atoms with Gasteiger partial charge in [0, 0.05) is 50.5 Å². The number of aromatic amines is 1. The lowest BCUT2D eigenvalue weighted by atomic mass is 9.95. The number of fused-ring (bicyclic) bond motifs is 1. The molecule has 1 saturated carbocycles. The van der Waals surface area contributed by atoms with Crippen molar-refractivity contribution in [2.24, 2.45) is 11.8 Å². The molecule has 1 aromatic heterocycles. The number of amides is 1. The standard InChI is InChI=1S/C20H30N4O2/c1-12(2)24-9-6-17-16(11-24)19(25)22-18(21-17)14-4-7-23(8-5-14)20(26)15-10-13(15)3/h12-15H,4-11H2,1-3H3,(H,21,22,25). The third-order valence-electron chi connectivity index (χ3n) is 6.47. The van der Waals surface area contributed by atoms with Crippen LogP contribution in [0.5, 0.6) is 0 Å². The maximum absolute atomic E-state index is 12.6. The number of rotatable bonds is 3. The first-order valence-electron chi connectivity index (χ1n) is 10.1. The van der Waals surface area contributed by atoms with Crippen molar-refractivity contribution in [3.05, 3.63) is 27.4 Å². The Labute approximate surface area is 155 Å². The Balaban J connectivity index is 1.44. The van der Waals surface area contributed by atoms with Crippen molar-refractivity contribution in [3.8, 4) is 0 Å². The highest BCUT2D eigenvalue weighted by Crippen LogP contribution is 2.40. The van der Waals surface area contributed by atoms with Crippen molar-refractivity contribution in [2.45, 2.75) is 65.0 Å². The summed E-state index contributed by atoms with van der Waals surface area (Å²) in [5.41, 5.74) is 1.84. The third kappa shape index (κ3) is 3.31. The number of carbonyl (C=O) groups is 1. The summed E-state index contributed by atoms with van der Waals surface area (Å²) in [5.74, 6) is 2.24. The number of aromatic nitrogens is 2. The van der Waals surface area contributed by atoms with Crippen molar-refractivity contribution < 1.29 is 4.79 Å². The summed E-state index contributed by atoms with van der Waals surface area (Å²) in [5, 5.41) is 0. The van der Waals surface area contributed by atoms with Crippen molar-refractivity contribution in [1.82, 2.24) is 19.8 Å². The maximum atomic E-state index is 12.6. The zero-order chi connectivity index (χ0) is 18.4. The summed E-state index contributed by atoms with van der Waals surface area (Å²) in [6.45, 7) is 9.72. The second kappa shape index (κ2) is 6.80. The molecule has 2 atom stereocenters. The van der Waals surface area contributed by atoms with Crippen LogP contribution in [0.25, 0.3) is 0 Å². The van der Waals surface area contributed by atoms with E-state index in [0.717, 1.165) is 62.4 Å². The molecule has 6 heteroatoms. The highest BCUT2D eigenvalue weighted by atomic mass is 16.2. The number of carbonyl (C=O) groups excluding carboxylic acids is 1. The van der Waals surface area contributed by atoms with Crippen LogP contribution in [0.2, 0.25) is 0 Å². The second-order valence-corrected chi connectivity index (χ2v) is 8.61. The lowest BCUT2D eigenvalue weighted by Crippen LogP contribution is -2.41. The molecule has 1 saturated heterocycles. The first-order valence-corrected chi connectivity index (χ1v) is 10.1. The van der Waals surface area contributed by atoms with Gasteiger partial charge in [0.05, 0.1) is 11.3 Å². The van der Waals surface area contributed by atoms with Gasteiger partial charge in [0.2, 0.25) is 5.91 Å². The van der Waals surface area contributed by atoms with Gasteiger partial charge in [-0.15, -0.1) is 0 Å². The first-order chi connectivity index (χ1) is 12.4. The van der Waals surface area contributed by atoms with E-state index in [1.165, 1.54) is 0 Å². The third-order valence-corrected chi connectivity index (χ3v) is 6.47. The second-order valence-electron chi connectivity index (χ2n) is 8.61. The van der Waals surface area contributed by atoms with Crippen molar-refractivity contribution >= 4 is 5.91 Å². The van der Waals surface area contributed by atoms with Crippen molar-refractivity contribution in [2.75, 3.05) is 19.6 Å². The number of H-pyrrole nitrogens is 1. The number of piperidine rings is 1. The zero-order valence-electron chi connectivity index (χ0n) is 16.1. The zero-order valence-corrected chi connectivity index (χ0v) is 16.1. The van der Waals surface area contributed by atoms with Gasteiger partial charge in [-0.3, -0.25) is 14.5 Å². The number of nitrogens with zero attached hydrogens (tertiary/aromatic N) is 3. The largest absolute Gasteiger partial charge is 0.342 e. The van der Waals surface area contributed by atoms with Gasteiger partial charge >= 0.3 is 0 Å². The van der Waals surface area contributed by atoms with Crippen LogP contribution in [-0.4, -0.2) is 51.4 Å². The molecule has 3 aliphatic rings. The average molecular weight is 358 g/mol. The summed E-state index contributed by atoms with van der Waals surface area (Å²) >= 11 is 0. The SMILES string of the molecule is CC1CC1C(=O)N1CCC(c2nc3c(c(=O)[nH]2)CN(C(C)C)CC3)CC1. The van der Waals surface area contributed by atoms with Gasteiger partial charge in [0.15, 0.2) is 0 Å². The minimum atomic E-state index is 0.0284. The molecule has 0 bridgehead atoms. The van der Waals surface area contributed by atoms with Crippen LogP contribution in [0.1, 0.15) is 63.0 Å². The Kier molecular flexibility index (Phi) is 4.63. The van der Waals surface area contributed by atoms with E-state index in [9.17, 15) is 9.59 Å². The van der Waals surface area contributed by atoms with Crippen LogP contribution in [0.4, 0.5) is 0 Å². The molecule has 1 amide bonds. The number of nitrogens with one attached hydrogen (secondary N) is 1. The molecule has 1 N–H and O–H groups in total. The molecule has 0 radical (unpaired) electrons. The Morgan fingerprint density at radius 1 is 1.23 bits per heavy atom. The van der Waals surface area contributed by atoms with Gasteiger partial charge < -0.3 is 9.88 Å². The van der Waals surface area contributed by atoms with Crippen LogP contribution >= 0.6 is 0 Å². The molecule has 0 aromatic carbocycles. The fourth-order valence-electron chi connectivity index (χ4n) is 4.37. The van der Waals surface area contributed by atoms with E-state index >= 15 is 0 Å². The van der Waals surface area contributed by atoms with E-state index in [1.807, 2.05) is 4.90 Å². The molecule has 0 spiro atoms. The first kappa shape index (κ1) is 17.7. The van der Waals surface area contributed by atoms with Crippen LogP contribution in [0, 0.1) is 11.8 Å². The van der Waals surface area contributed by atoms with E-state index in [0.29, 0.717) is 24.4 Å². The Morgan fingerprint density at radius 2 is 1.92 bits per heavy atom. The van der Waals surface area contributed by atoms with Crippen LogP contribution in [0.3, 0.4) is 0 Å². The Morgan fingerprint density at radius 3 is 2.54 bits per heavy atom. The molecular formula is C20H30N4O2. The number of likely N-dealkylation sites (tertiary alicyclic amines) is 1. The smallest absolute Gasteiger partial charge is 0.255 e. The summed E-state index contributed by atoms with van der Waals surface area (Å²) in [6, 6.07) is 0.443. The number of hydrogen-bond donors (Lipinski definition) is 1. The van der Waals surface area contributed by atoms with Crippen molar-refractivity contribution in [1.29, 1.82) is 0 Å². The number of hydrogen-bond acceptors (Lipinski definition) is 4. The van der Waals surface area contributed by atoms with Crippen LogP contribution in [-0.2, 0) is 17.8 Å². The molecule has 1 aromatic rings. The van der Waals surface area contributed by atoms with Crippen molar-refractivity contribution in [3.63, 3.8) is 0 Å². The quantitative estimate of drug-likeness (QED) is 0.896. The minimum absolute atomic E-state index is 0.0284. The molecule has 3 heterocycles. The van der Waals surface area contributed by atoms with E-state index in [2.05, 4.69) is 30.7 Å². The lowest BCUT2D eigenvalue weighted by Gasteiger charge is -2.33. The minimum Gasteiger partial charge on any atom is -0.342 e. The predicted octanol–water partition coefficient (Wildman–Crippen LogP) is 1.90. The monoisotopic (exact) mass is 358 g/mol. The lowest BCUT2D eigenvalue weighted by molar-refractivity contribution is -0.133. The molecule has 4 rings (SSSR count). The fraction of sp³-hybridized carbons (Fsp3) is 0.750. The normalized spacial score (nSPS) is 26.8. The average Bonchev–Trinajstić information content (AvgIpc) is 3.37. The fourth-order valence-corrected chi connectivity index (χ4v) is 4.37. The van der Waals surface area contributed by atoms with Gasteiger partial charge in [0.25, 0.3) is 5.56 Å². The van der Waals surface area contributed by atoms with E-state index in [1.54, 1.807) is 0 Å². The molecule has 2 aliphatic heterocycles. The predicted molar refractivity (Wildman–Crippen MR) is 99.9 cm³/mol.